The Labute approximate surface area is 139 Å². The summed E-state index contributed by atoms with van der Waals surface area (Å²) in [5.74, 6) is -0.693. The summed E-state index contributed by atoms with van der Waals surface area (Å²) in [6.45, 7) is 1.53. The molecule has 8 nitrogen and oxygen atoms in total. The van der Waals surface area contributed by atoms with Gasteiger partial charge in [0.15, 0.2) is 0 Å². The first-order chi connectivity index (χ1) is 10.6. The van der Waals surface area contributed by atoms with Gasteiger partial charge in [0.1, 0.15) is 5.69 Å². The second-order valence-corrected chi connectivity index (χ2v) is 4.69. The molecule has 2 aromatic rings. The zero-order chi connectivity index (χ0) is 15.9. The Morgan fingerprint density at radius 1 is 1.26 bits per heavy atom. The summed E-state index contributed by atoms with van der Waals surface area (Å²) < 4.78 is 1.63. The van der Waals surface area contributed by atoms with Crippen molar-refractivity contribution in [2.75, 3.05) is 13.1 Å². The van der Waals surface area contributed by atoms with E-state index < -0.39 is 0 Å². The van der Waals surface area contributed by atoms with Crippen LogP contribution < -0.4 is 16.4 Å². The van der Waals surface area contributed by atoms with Crippen molar-refractivity contribution in [3.63, 3.8) is 0 Å². The normalized spacial score (nSPS) is 11.2. The van der Waals surface area contributed by atoms with Gasteiger partial charge in [-0.3, -0.25) is 9.59 Å². The van der Waals surface area contributed by atoms with Crippen LogP contribution in [0.25, 0.3) is 5.69 Å². The van der Waals surface area contributed by atoms with Crippen LogP contribution in [0.15, 0.2) is 36.5 Å². The van der Waals surface area contributed by atoms with Crippen molar-refractivity contribution in [2.24, 2.45) is 5.73 Å². The molecular weight excluding hydrogens is 320 g/mol. The van der Waals surface area contributed by atoms with Crippen LogP contribution in [-0.2, 0) is 9.59 Å². The molecule has 0 saturated carbocycles. The summed E-state index contributed by atoms with van der Waals surface area (Å²) in [5, 5.41) is 13.2. The molecule has 0 fully saturated rings. The van der Waals surface area contributed by atoms with Crippen LogP contribution >= 0.6 is 12.4 Å². The van der Waals surface area contributed by atoms with Gasteiger partial charge in [0, 0.05) is 0 Å². The van der Waals surface area contributed by atoms with Gasteiger partial charge in [-0.2, -0.15) is 0 Å². The third-order valence-corrected chi connectivity index (χ3v) is 2.98. The number of nitrogens with zero attached hydrogens (tertiary/aromatic N) is 3. The van der Waals surface area contributed by atoms with Gasteiger partial charge >= 0.3 is 0 Å². The van der Waals surface area contributed by atoms with Crippen molar-refractivity contribution < 1.29 is 9.59 Å². The number of amides is 2. The Morgan fingerprint density at radius 2 is 1.96 bits per heavy atom. The fourth-order valence-electron chi connectivity index (χ4n) is 1.80. The first kappa shape index (κ1) is 18.6. The number of nitrogens with two attached hydrogens (primary N) is 1. The average Bonchev–Trinajstić information content (AvgIpc) is 3.03. The number of nitrogens with one attached hydrogen (secondary N) is 2. The zero-order valence-electron chi connectivity index (χ0n) is 12.6. The maximum absolute atomic E-state index is 11.7. The lowest BCUT2D eigenvalue weighted by Crippen LogP contribution is -2.40. The number of aromatic nitrogens is 3. The summed E-state index contributed by atoms with van der Waals surface area (Å²) in [4.78, 5) is 22.7. The number of para-hydroxylation sites is 1. The fraction of sp³-hybridized carbons (Fsp3) is 0.286. The molecule has 0 saturated heterocycles. The van der Waals surface area contributed by atoms with Crippen LogP contribution in [0.5, 0.6) is 0 Å². The summed E-state index contributed by atoms with van der Waals surface area (Å²) >= 11 is 0. The van der Waals surface area contributed by atoms with E-state index in [0.29, 0.717) is 5.69 Å². The summed E-state index contributed by atoms with van der Waals surface area (Å²) in [7, 11) is 0. The minimum Gasteiger partial charge on any atom is -0.346 e. The molecule has 0 bridgehead atoms. The van der Waals surface area contributed by atoms with E-state index in [1.807, 2.05) is 30.3 Å². The molecule has 124 valence electrons. The predicted molar refractivity (Wildman–Crippen MR) is 87.2 cm³/mol. The van der Waals surface area contributed by atoms with Gasteiger partial charge in [-0.1, -0.05) is 23.4 Å². The Kier molecular flexibility index (Phi) is 7.17. The molecule has 1 aromatic carbocycles. The van der Waals surface area contributed by atoms with Gasteiger partial charge in [-0.15, -0.1) is 17.5 Å². The van der Waals surface area contributed by atoms with E-state index in [4.69, 9.17) is 5.73 Å². The molecule has 1 aromatic heterocycles. The third-order valence-electron chi connectivity index (χ3n) is 2.98. The lowest BCUT2D eigenvalue weighted by Gasteiger charge is -2.11. The van der Waals surface area contributed by atoms with Gasteiger partial charge in [-0.05, 0) is 19.1 Å². The quantitative estimate of drug-likeness (QED) is 0.682. The number of rotatable bonds is 6. The number of carbonyl (C=O) groups is 2. The Balaban J connectivity index is 0.00000264. The van der Waals surface area contributed by atoms with Crippen molar-refractivity contribution in [3.8, 4) is 5.69 Å². The Bertz CT molecular complexity index is 646. The number of halogens is 1. The first-order valence-corrected chi connectivity index (χ1v) is 6.84. The van der Waals surface area contributed by atoms with Gasteiger partial charge in [0.2, 0.25) is 11.8 Å². The van der Waals surface area contributed by atoms with Gasteiger partial charge in [0.05, 0.1) is 31.0 Å². The molecule has 0 aliphatic heterocycles. The van der Waals surface area contributed by atoms with Crippen molar-refractivity contribution >= 4 is 24.2 Å². The number of benzene rings is 1. The van der Waals surface area contributed by atoms with Crippen LogP contribution in [0, 0.1) is 0 Å². The monoisotopic (exact) mass is 338 g/mol. The highest BCUT2D eigenvalue weighted by molar-refractivity contribution is 5.85. The van der Waals surface area contributed by atoms with Gasteiger partial charge in [0.25, 0.3) is 0 Å². The summed E-state index contributed by atoms with van der Waals surface area (Å²) in [6.07, 6.45) is 1.75. The molecule has 1 atom stereocenters. The van der Waals surface area contributed by atoms with Crippen molar-refractivity contribution in [1.29, 1.82) is 0 Å². The molecule has 4 N–H and O–H groups in total. The molecule has 2 rings (SSSR count). The van der Waals surface area contributed by atoms with Gasteiger partial charge in [-0.25, -0.2) is 4.68 Å². The van der Waals surface area contributed by atoms with Gasteiger partial charge < -0.3 is 16.4 Å². The molecule has 0 spiro atoms. The lowest BCUT2D eigenvalue weighted by molar-refractivity contribution is -0.125. The van der Waals surface area contributed by atoms with Crippen molar-refractivity contribution in [3.05, 3.63) is 42.2 Å². The SMILES string of the molecule is CC(NC(=O)CNC(=O)CN)c1cn(-c2ccccc2)nn1.Cl. The standard InChI is InChI=1S/C14H18N6O2.ClH/c1-10(17-14(22)8-16-13(21)7-15)12-9-20(19-18-12)11-5-3-2-4-6-11;/h2-6,9-10H,7-8,15H2,1H3,(H,16,21)(H,17,22);1H. The van der Waals surface area contributed by atoms with E-state index in [-0.39, 0.29) is 43.4 Å². The van der Waals surface area contributed by atoms with E-state index in [1.165, 1.54) is 0 Å². The number of carbonyl (C=O) groups excluding carboxylic acids is 2. The largest absolute Gasteiger partial charge is 0.346 e. The summed E-state index contributed by atoms with van der Waals surface area (Å²) in [6, 6.07) is 9.22. The maximum atomic E-state index is 11.7. The maximum Gasteiger partial charge on any atom is 0.239 e. The molecule has 0 radical (unpaired) electrons. The number of hydrogen-bond acceptors (Lipinski definition) is 5. The van der Waals surface area contributed by atoms with Crippen LogP contribution in [0.4, 0.5) is 0 Å². The van der Waals surface area contributed by atoms with Crippen LogP contribution in [-0.4, -0.2) is 39.9 Å². The molecule has 0 aliphatic carbocycles. The Morgan fingerprint density at radius 3 is 2.61 bits per heavy atom. The summed E-state index contributed by atoms with van der Waals surface area (Å²) in [5.41, 5.74) is 6.66. The second kappa shape index (κ2) is 8.86. The molecule has 1 unspecified atom stereocenters. The van der Waals surface area contributed by atoms with E-state index in [1.54, 1.807) is 17.8 Å². The smallest absolute Gasteiger partial charge is 0.239 e. The Hall–Kier alpha value is -2.45. The predicted octanol–water partition coefficient (Wildman–Crippen LogP) is -0.0588. The molecule has 9 heteroatoms. The van der Waals surface area contributed by atoms with Crippen LogP contribution in [0.1, 0.15) is 18.7 Å². The molecule has 1 heterocycles. The fourth-order valence-corrected chi connectivity index (χ4v) is 1.80. The molecule has 0 aliphatic rings. The zero-order valence-corrected chi connectivity index (χ0v) is 13.4. The third kappa shape index (κ3) is 5.35. The average molecular weight is 339 g/mol. The highest BCUT2D eigenvalue weighted by atomic mass is 35.5. The second-order valence-electron chi connectivity index (χ2n) is 4.69. The van der Waals surface area contributed by atoms with E-state index in [2.05, 4.69) is 20.9 Å². The number of hydrogen-bond donors (Lipinski definition) is 3. The minimum atomic E-state index is -0.377. The highest BCUT2D eigenvalue weighted by Crippen LogP contribution is 2.11. The van der Waals surface area contributed by atoms with Crippen LogP contribution in [0.2, 0.25) is 0 Å². The molecule has 23 heavy (non-hydrogen) atoms. The molecular formula is C14H19ClN6O2. The first-order valence-electron chi connectivity index (χ1n) is 6.84. The lowest BCUT2D eigenvalue weighted by atomic mass is 10.2. The highest BCUT2D eigenvalue weighted by Gasteiger charge is 2.14. The minimum absolute atomic E-state index is 0. The molecule has 2 amide bonds. The van der Waals surface area contributed by atoms with Crippen molar-refractivity contribution in [1.82, 2.24) is 25.6 Å². The van der Waals surface area contributed by atoms with E-state index >= 15 is 0 Å². The van der Waals surface area contributed by atoms with Crippen LogP contribution in [0.3, 0.4) is 0 Å². The van der Waals surface area contributed by atoms with E-state index in [9.17, 15) is 9.59 Å². The van der Waals surface area contributed by atoms with E-state index in [0.717, 1.165) is 5.69 Å². The topological polar surface area (TPSA) is 115 Å². The van der Waals surface area contributed by atoms with Crippen molar-refractivity contribution in [2.45, 2.75) is 13.0 Å².